The summed E-state index contributed by atoms with van der Waals surface area (Å²) in [5.74, 6) is 1.14. The first-order valence-corrected chi connectivity index (χ1v) is 7.37. The Morgan fingerprint density at radius 1 is 1.25 bits per heavy atom. The minimum atomic E-state index is -0.150. The second-order valence-corrected chi connectivity index (χ2v) is 5.89. The molecule has 1 aliphatic heterocycles. The maximum atomic E-state index is 11.2. The summed E-state index contributed by atoms with van der Waals surface area (Å²) < 4.78 is 11.4. The molecule has 2 N–H and O–H groups in total. The van der Waals surface area contributed by atoms with Gasteiger partial charge in [-0.2, -0.15) is 0 Å². The summed E-state index contributed by atoms with van der Waals surface area (Å²) >= 11 is 6.44. The zero-order chi connectivity index (χ0) is 14.2. The molecule has 2 aliphatic rings. The van der Waals surface area contributed by atoms with Crippen LogP contribution in [0.4, 0.5) is 0 Å². The number of rotatable bonds is 3. The Bertz CT molecular complexity index is 538. The fourth-order valence-electron chi connectivity index (χ4n) is 3.39. The molecule has 0 amide bonds. The number of carbonyl (C=O) groups excluding carboxylic acids is 1. The van der Waals surface area contributed by atoms with E-state index in [0.717, 1.165) is 37.5 Å². The van der Waals surface area contributed by atoms with Crippen LogP contribution in [0.15, 0.2) is 6.07 Å². The molecule has 1 heterocycles. The summed E-state index contributed by atoms with van der Waals surface area (Å²) in [7, 11) is 0. The van der Waals surface area contributed by atoms with E-state index >= 15 is 0 Å². The average Bonchev–Trinajstić information content (AvgIpc) is 2.96. The first kappa shape index (κ1) is 13.7. The van der Waals surface area contributed by atoms with Gasteiger partial charge >= 0.3 is 0 Å². The highest BCUT2D eigenvalue weighted by Gasteiger charge is 2.40. The topological polar surface area (TPSA) is 61.6 Å². The van der Waals surface area contributed by atoms with Gasteiger partial charge in [-0.05, 0) is 18.9 Å². The van der Waals surface area contributed by atoms with Gasteiger partial charge in [0.05, 0.1) is 5.56 Å². The van der Waals surface area contributed by atoms with E-state index in [1.165, 1.54) is 0 Å². The number of hydrogen-bond acceptors (Lipinski definition) is 4. The van der Waals surface area contributed by atoms with Crippen molar-refractivity contribution in [1.29, 1.82) is 0 Å². The molecular formula is C15H18ClNO3. The lowest BCUT2D eigenvalue weighted by Gasteiger charge is -2.33. The maximum Gasteiger partial charge on any atom is 0.172 e. The van der Waals surface area contributed by atoms with E-state index in [4.69, 9.17) is 26.8 Å². The molecule has 0 unspecified atom stereocenters. The van der Waals surface area contributed by atoms with E-state index in [1.807, 2.05) is 0 Å². The van der Waals surface area contributed by atoms with Crippen molar-refractivity contribution in [2.24, 2.45) is 5.73 Å². The van der Waals surface area contributed by atoms with Crippen molar-refractivity contribution < 1.29 is 14.3 Å². The number of halogens is 1. The lowest BCUT2D eigenvalue weighted by Crippen LogP contribution is -2.34. The Hall–Kier alpha value is -1.26. The maximum absolute atomic E-state index is 11.2. The fraction of sp³-hybridized carbons (Fsp3) is 0.533. The number of carbonyl (C=O) groups is 1. The van der Waals surface area contributed by atoms with Crippen LogP contribution in [0.3, 0.4) is 0 Å². The SMILES string of the molecule is NCC1(c2c(Cl)cc(C=O)c3c2OCCO3)CCCC1. The summed E-state index contributed by atoms with van der Waals surface area (Å²) in [6.07, 6.45) is 5.03. The van der Waals surface area contributed by atoms with Gasteiger partial charge in [0.15, 0.2) is 17.8 Å². The van der Waals surface area contributed by atoms with E-state index in [-0.39, 0.29) is 5.41 Å². The van der Waals surface area contributed by atoms with Gasteiger partial charge in [0.25, 0.3) is 0 Å². The van der Waals surface area contributed by atoms with Crippen LogP contribution in [0, 0.1) is 0 Å². The van der Waals surface area contributed by atoms with E-state index in [1.54, 1.807) is 6.07 Å². The Labute approximate surface area is 123 Å². The van der Waals surface area contributed by atoms with E-state index in [2.05, 4.69) is 0 Å². The number of benzene rings is 1. The molecule has 1 aromatic carbocycles. The highest BCUT2D eigenvalue weighted by atomic mass is 35.5. The molecule has 1 aliphatic carbocycles. The molecule has 5 heteroatoms. The number of hydrogen-bond donors (Lipinski definition) is 1. The Kier molecular flexibility index (Phi) is 3.61. The highest BCUT2D eigenvalue weighted by molar-refractivity contribution is 6.32. The van der Waals surface area contributed by atoms with Gasteiger partial charge in [-0.25, -0.2) is 0 Å². The molecule has 1 fully saturated rings. The molecule has 0 radical (unpaired) electrons. The third-order valence-electron chi connectivity index (χ3n) is 4.40. The van der Waals surface area contributed by atoms with Crippen molar-refractivity contribution >= 4 is 17.9 Å². The van der Waals surface area contributed by atoms with Crippen molar-refractivity contribution in [3.8, 4) is 11.5 Å². The number of fused-ring (bicyclic) bond motifs is 1. The lowest BCUT2D eigenvalue weighted by atomic mass is 9.77. The summed E-state index contributed by atoms with van der Waals surface area (Å²) in [6.45, 7) is 1.45. The zero-order valence-electron chi connectivity index (χ0n) is 11.3. The van der Waals surface area contributed by atoms with E-state index in [9.17, 15) is 4.79 Å². The highest BCUT2D eigenvalue weighted by Crippen LogP contribution is 2.51. The van der Waals surface area contributed by atoms with Crippen molar-refractivity contribution in [3.63, 3.8) is 0 Å². The van der Waals surface area contributed by atoms with Crippen LogP contribution < -0.4 is 15.2 Å². The molecule has 1 aromatic rings. The summed E-state index contributed by atoms with van der Waals surface area (Å²) in [5.41, 5.74) is 7.27. The molecule has 108 valence electrons. The fourth-order valence-corrected chi connectivity index (χ4v) is 3.79. The van der Waals surface area contributed by atoms with Gasteiger partial charge in [0, 0.05) is 22.5 Å². The predicted octanol–water partition coefficient (Wildman–Crippen LogP) is 2.69. The molecule has 0 aromatic heterocycles. The number of ether oxygens (including phenoxy) is 2. The Balaban J connectivity index is 2.22. The molecule has 4 nitrogen and oxygen atoms in total. The normalized spacial score (nSPS) is 19.9. The molecular weight excluding hydrogens is 278 g/mol. The molecule has 0 atom stereocenters. The second kappa shape index (κ2) is 5.26. The van der Waals surface area contributed by atoms with E-state index in [0.29, 0.717) is 41.8 Å². The Morgan fingerprint density at radius 2 is 1.90 bits per heavy atom. The van der Waals surface area contributed by atoms with Gasteiger partial charge in [-0.1, -0.05) is 24.4 Å². The Morgan fingerprint density at radius 3 is 2.50 bits per heavy atom. The van der Waals surface area contributed by atoms with Crippen LogP contribution in [0.5, 0.6) is 11.5 Å². The van der Waals surface area contributed by atoms with Crippen LogP contribution >= 0.6 is 11.6 Å². The van der Waals surface area contributed by atoms with Crippen LogP contribution in [0.2, 0.25) is 5.02 Å². The number of nitrogens with two attached hydrogens (primary N) is 1. The van der Waals surface area contributed by atoms with Crippen molar-refractivity contribution in [2.75, 3.05) is 19.8 Å². The molecule has 0 bridgehead atoms. The van der Waals surface area contributed by atoms with Gasteiger partial charge in [-0.3, -0.25) is 4.79 Å². The van der Waals surface area contributed by atoms with Gasteiger partial charge in [-0.15, -0.1) is 0 Å². The van der Waals surface area contributed by atoms with Gasteiger partial charge < -0.3 is 15.2 Å². The van der Waals surface area contributed by atoms with Crippen molar-refractivity contribution in [1.82, 2.24) is 0 Å². The monoisotopic (exact) mass is 295 g/mol. The molecule has 0 spiro atoms. The van der Waals surface area contributed by atoms with Gasteiger partial charge in [0.2, 0.25) is 0 Å². The third-order valence-corrected chi connectivity index (χ3v) is 4.70. The van der Waals surface area contributed by atoms with Crippen molar-refractivity contribution in [3.05, 3.63) is 22.2 Å². The second-order valence-electron chi connectivity index (χ2n) is 5.49. The first-order chi connectivity index (χ1) is 9.72. The molecule has 1 saturated carbocycles. The zero-order valence-corrected chi connectivity index (χ0v) is 12.0. The summed E-state index contributed by atoms with van der Waals surface area (Å²) in [4.78, 5) is 11.2. The quantitative estimate of drug-likeness (QED) is 0.871. The van der Waals surface area contributed by atoms with Crippen LogP contribution in [0.25, 0.3) is 0 Å². The smallest absolute Gasteiger partial charge is 0.172 e. The number of aldehydes is 1. The summed E-state index contributed by atoms with van der Waals surface area (Å²) in [5, 5.41) is 0.559. The van der Waals surface area contributed by atoms with Crippen molar-refractivity contribution in [2.45, 2.75) is 31.1 Å². The third kappa shape index (κ3) is 1.98. The largest absolute Gasteiger partial charge is 0.486 e. The van der Waals surface area contributed by atoms with Crippen LogP contribution in [-0.2, 0) is 5.41 Å². The minimum Gasteiger partial charge on any atom is -0.486 e. The molecule has 0 saturated heterocycles. The molecule has 20 heavy (non-hydrogen) atoms. The van der Waals surface area contributed by atoms with Gasteiger partial charge in [0.1, 0.15) is 13.2 Å². The van der Waals surface area contributed by atoms with Crippen LogP contribution in [0.1, 0.15) is 41.6 Å². The van der Waals surface area contributed by atoms with E-state index < -0.39 is 0 Å². The minimum absolute atomic E-state index is 0.150. The standard InChI is InChI=1S/C15H18ClNO3/c16-11-7-10(8-18)13-14(20-6-5-19-13)12(11)15(9-17)3-1-2-4-15/h7-8H,1-6,9,17H2. The molecule has 3 rings (SSSR count). The lowest BCUT2D eigenvalue weighted by molar-refractivity contribution is 0.111. The first-order valence-electron chi connectivity index (χ1n) is 7.00. The summed E-state index contributed by atoms with van der Waals surface area (Å²) in [6, 6.07) is 1.67. The predicted molar refractivity (Wildman–Crippen MR) is 77.0 cm³/mol. The van der Waals surface area contributed by atoms with Crippen LogP contribution in [-0.4, -0.2) is 26.0 Å². The average molecular weight is 296 g/mol.